The summed E-state index contributed by atoms with van der Waals surface area (Å²) in [4.78, 5) is 29.4. The molecule has 3 fully saturated rings. The van der Waals surface area contributed by atoms with Crippen molar-refractivity contribution >= 4 is 11.7 Å². The second kappa shape index (κ2) is 11.2. The second-order valence-electron chi connectivity index (χ2n) is 8.79. The van der Waals surface area contributed by atoms with E-state index in [4.69, 9.17) is 0 Å². The molecule has 4 nitrogen and oxygen atoms in total. The van der Waals surface area contributed by atoms with Gasteiger partial charge in [-0.2, -0.15) is 0 Å². The molecule has 0 spiro atoms. The highest BCUT2D eigenvalue weighted by Crippen LogP contribution is 2.32. The van der Waals surface area contributed by atoms with Crippen LogP contribution in [0.4, 0.5) is 0 Å². The van der Waals surface area contributed by atoms with Crippen LogP contribution in [0.15, 0.2) is 0 Å². The number of nitrogens with zero attached hydrogens (tertiary/aromatic N) is 2. The number of carbonyl (C=O) groups is 2. The number of Topliss-reactive ketones (excluding diaryl/α,β-unsaturated/α-hetero) is 1. The van der Waals surface area contributed by atoms with Crippen LogP contribution in [-0.4, -0.2) is 54.2 Å². The van der Waals surface area contributed by atoms with Gasteiger partial charge in [0.25, 0.3) is 0 Å². The van der Waals surface area contributed by atoms with E-state index in [1.165, 1.54) is 38.9 Å². The quantitative estimate of drug-likeness (QED) is 0.713. The summed E-state index contributed by atoms with van der Waals surface area (Å²) in [5.41, 5.74) is 0. The van der Waals surface area contributed by atoms with Gasteiger partial charge in [-0.3, -0.25) is 9.59 Å². The maximum atomic E-state index is 12.8. The Morgan fingerprint density at radius 2 is 1.44 bits per heavy atom. The minimum absolute atomic E-state index is 0.178. The first-order chi connectivity index (χ1) is 13.1. The molecule has 1 atom stereocenters. The Morgan fingerprint density at radius 3 is 1.96 bits per heavy atom. The molecule has 3 rings (SSSR count). The van der Waals surface area contributed by atoms with Crippen molar-refractivity contribution in [1.82, 2.24) is 9.80 Å². The molecule has 2 saturated heterocycles. The lowest BCUT2D eigenvalue weighted by Gasteiger charge is -2.37. The molecule has 0 aromatic rings. The van der Waals surface area contributed by atoms with E-state index in [1.54, 1.807) is 0 Å². The molecule has 4 heteroatoms. The van der Waals surface area contributed by atoms with Gasteiger partial charge in [0, 0.05) is 44.4 Å². The normalized spacial score (nSPS) is 29.9. The molecular weight excluding hydrogens is 336 g/mol. The van der Waals surface area contributed by atoms with Crippen LogP contribution >= 0.6 is 0 Å². The lowest BCUT2D eigenvalue weighted by atomic mass is 9.78. The first-order valence-electron chi connectivity index (χ1n) is 11.6. The third-order valence-corrected chi connectivity index (χ3v) is 6.83. The Hall–Kier alpha value is -0.900. The van der Waals surface area contributed by atoms with Crippen molar-refractivity contribution in [1.29, 1.82) is 0 Å². The van der Waals surface area contributed by atoms with E-state index in [1.807, 2.05) is 20.8 Å². The van der Waals surface area contributed by atoms with Gasteiger partial charge >= 0.3 is 0 Å². The van der Waals surface area contributed by atoms with Gasteiger partial charge in [-0.15, -0.1) is 0 Å². The molecule has 3 aliphatic rings. The van der Waals surface area contributed by atoms with E-state index in [0.29, 0.717) is 18.1 Å². The summed E-state index contributed by atoms with van der Waals surface area (Å²) in [6.45, 7) is 14.0. The zero-order valence-corrected chi connectivity index (χ0v) is 18.2. The Labute approximate surface area is 167 Å². The van der Waals surface area contributed by atoms with E-state index in [0.717, 1.165) is 50.6 Å². The number of likely N-dealkylation sites (tertiary alicyclic amines) is 2. The summed E-state index contributed by atoms with van der Waals surface area (Å²) in [5, 5.41) is 0. The monoisotopic (exact) mass is 378 g/mol. The molecule has 0 bridgehead atoms. The van der Waals surface area contributed by atoms with Gasteiger partial charge in [0.1, 0.15) is 5.78 Å². The second-order valence-corrected chi connectivity index (χ2v) is 8.79. The molecule has 1 unspecified atom stereocenters. The fourth-order valence-electron chi connectivity index (χ4n) is 5.10. The highest BCUT2D eigenvalue weighted by atomic mass is 16.2. The van der Waals surface area contributed by atoms with Crippen LogP contribution < -0.4 is 0 Å². The van der Waals surface area contributed by atoms with Crippen molar-refractivity contribution in [3.8, 4) is 0 Å². The fraction of sp³-hybridized carbons (Fsp3) is 0.913. The predicted molar refractivity (Wildman–Crippen MR) is 112 cm³/mol. The van der Waals surface area contributed by atoms with Gasteiger partial charge in [0.05, 0.1) is 0 Å². The molecule has 1 aliphatic carbocycles. The Bertz CT molecular complexity index is 463. The molecule has 1 saturated carbocycles. The van der Waals surface area contributed by atoms with Crippen LogP contribution in [0.25, 0.3) is 0 Å². The van der Waals surface area contributed by atoms with Crippen molar-refractivity contribution in [3.63, 3.8) is 0 Å². The summed E-state index contributed by atoms with van der Waals surface area (Å²) in [7, 11) is 0. The van der Waals surface area contributed by atoms with Crippen LogP contribution in [0.2, 0.25) is 0 Å². The summed E-state index contributed by atoms with van der Waals surface area (Å²) in [6, 6.07) is 0. The summed E-state index contributed by atoms with van der Waals surface area (Å²) in [5.74, 6) is 2.79. The Kier molecular flexibility index (Phi) is 9.28. The minimum atomic E-state index is 0.178. The maximum absolute atomic E-state index is 12.8. The summed E-state index contributed by atoms with van der Waals surface area (Å²) < 4.78 is 0. The first-order valence-corrected chi connectivity index (χ1v) is 11.6. The van der Waals surface area contributed by atoms with Crippen molar-refractivity contribution in [2.24, 2.45) is 23.7 Å². The van der Waals surface area contributed by atoms with E-state index in [-0.39, 0.29) is 11.8 Å². The standard InChI is InChI=1S/C21H36N2O2.C2H6/c1-3-20(24)18-4-6-19(7-5-18)21(25)23-12-9-17(10-13-23)15-22-11-8-16(2)14-22;1-2/h16-19H,3-15H2,1-2H3;1-2H3. The van der Waals surface area contributed by atoms with E-state index in [2.05, 4.69) is 16.7 Å². The summed E-state index contributed by atoms with van der Waals surface area (Å²) >= 11 is 0. The van der Waals surface area contributed by atoms with E-state index in [9.17, 15) is 9.59 Å². The number of amides is 1. The van der Waals surface area contributed by atoms with Crippen molar-refractivity contribution in [2.45, 2.75) is 79.1 Å². The molecule has 0 aromatic heterocycles. The Morgan fingerprint density at radius 1 is 0.852 bits per heavy atom. The molecule has 0 aromatic carbocycles. The van der Waals surface area contributed by atoms with Crippen LogP contribution in [0.5, 0.6) is 0 Å². The van der Waals surface area contributed by atoms with Crippen molar-refractivity contribution < 1.29 is 9.59 Å². The summed E-state index contributed by atoms with van der Waals surface area (Å²) in [6.07, 6.45) is 8.01. The molecule has 1 amide bonds. The van der Waals surface area contributed by atoms with Crippen LogP contribution in [0.1, 0.15) is 79.1 Å². The number of rotatable bonds is 5. The lowest BCUT2D eigenvalue weighted by molar-refractivity contribution is -0.139. The van der Waals surface area contributed by atoms with Gasteiger partial charge in [-0.25, -0.2) is 0 Å². The topological polar surface area (TPSA) is 40.6 Å². The molecule has 0 N–H and O–H groups in total. The zero-order chi connectivity index (χ0) is 19.8. The Balaban J connectivity index is 0.00000126. The highest BCUT2D eigenvalue weighted by molar-refractivity contribution is 5.82. The van der Waals surface area contributed by atoms with Crippen LogP contribution in [0.3, 0.4) is 0 Å². The molecule has 0 radical (unpaired) electrons. The van der Waals surface area contributed by atoms with Gasteiger partial charge in [0.15, 0.2) is 0 Å². The zero-order valence-electron chi connectivity index (χ0n) is 18.2. The largest absolute Gasteiger partial charge is 0.342 e. The van der Waals surface area contributed by atoms with E-state index < -0.39 is 0 Å². The fourth-order valence-corrected chi connectivity index (χ4v) is 5.10. The van der Waals surface area contributed by atoms with Crippen molar-refractivity contribution in [3.05, 3.63) is 0 Å². The van der Waals surface area contributed by atoms with Crippen LogP contribution in [-0.2, 0) is 9.59 Å². The highest BCUT2D eigenvalue weighted by Gasteiger charge is 2.33. The smallest absolute Gasteiger partial charge is 0.225 e. The lowest BCUT2D eigenvalue weighted by Crippen LogP contribution is -2.44. The SMILES string of the molecule is CC.CCC(=O)C1CCC(C(=O)N2CCC(CN3CCC(C)C3)CC2)CC1. The average molecular weight is 379 g/mol. The van der Waals surface area contributed by atoms with Gasteiger partial charge in [-0.05, 0) is 63.3 Å². The van der Waals surface area contributed by atoms with Gasteiger partial charge < -0.3 is 9.80 Å². The molecule has 2 aliphatic heterocycles. The number of piperidine rings is 1. The molecular formula is C23H42N2O2. The maximum Gasteiger partial charge on any atom is 0.225 e. The molecule has 2 heterocycles. The molecule has 156 valence electrons. The predicted octanol–water partition coefficient (Wildman–Crippen LogP) is 4.38. The average Bonchev–Trinajstić information content (AvgIpc) is 3.13. The third kappa shape index (κ3) is 6.30. The third-order valence-electron chi connectivity index (χ3n) is 6.83. The van der Waals surface area contributed by atoms with Crippen molar-refractivity contribution in [2.75, 3.05) is 32.7 Å². The number of ketones is 1. The number of carbonyl (C=O) groups excluding carboxylic acids is 2. The number of hydrogen-bond acceptors (Lipinski definition) is 3. The van der Waals surface area contributed by atoms with Gasteiger partial charge in [0.2, 0.25) is 5.91 Å². The van der Waals surface area contributed by atoms with Crippen LogP contribution in [0, 0.1) is 23.7 Å². The van der Waals surface area contributed by atoms with Gasteiger partial charge in [-0.1, -0.05) is 27.7 Å². The molecule has 27 heavy (non-hydrogen) atoms. The number of hydrogen-bond donors (Lipinski definition) is 0. The minimum Gasteiger partial charge on any atom is -0.342 e. The first kappa shape index (κ1) is 22.4. The van der Waals surface area contributed by atoms with E-state index >= 15 is 0 Å².